The molecule has 0 saturated heterocycles. The zero-order chi connectivity index (χ0) is 13.9. The minimum atomic E-state index is -0.944. The number of hydrazine groups is 1. The molecule has 0 spiro atoms. The third-order valence-corrected chi connectivity index (χ3v) is 3.74. The fourth-order valence-corrected chi connectivity index (χ4v) is 2.32. The lowest BCUT2D eigenvalue weighted by Crippen LogP contribution is -2.43. The average molecular weight is 270 g/mol. The van der Waals surface area contributed by atoms with E-state index in [1.54, 1.807) is 33.0 Å². The Bertz CT molecular complexity index is 438. The summed E-state index contributed by atoms with van der Waals surface area (Å²) in [5.41, 5.74) is 1.14. The van der Waals surface area contributed by atoms with Crippen LogP contribution in [0.3, 0.4) is 0 Å². The second-order valence-electron chi connectivity index (χ2n) is 6.65. The third-order valence-electron chi connectivity index (χ3n) is 3.74. The van der Waals surface area contributed by atoms with Crippen molar-refractivity contribution in [2.45, 2.75) is 51.1 Å². The molecule has 1 atom stereocenters. The smallest absolute Gasteiger partial charge is 0.429 e. The molecule has 5 nitrogen and oxygen atoms in total. The van der Waals surface area contributed by atoms with E-state index in [0.29, 0.717) is 19.4 Å². The van der Waals surface area contributed by atoms with Crippen LogP contribution in [0.4, 0.5) is 9.18 Å². The molecule has 2 fully saturated rings. The Morgan fingerprint density at radius 1 is 1.53 bits per heavy atom. The summed E-state index contributed by atoms with van der Waals surface area (Å²) >= 11 is 0. The second-order valence-corrected chi connectivity index (χ2v) is 6.65. The molecule has 3 rings (SSSR count). The second kappa shape index (κ2) is 3.70. The molecule has 0 radical (unpaired) electrons. The first-order chi connectivity index (χ1) is 8.73. The Labute approximate surface area is 111 Å². The predicted octanol–water partition coefficient (Wildman–Crippen LogP) is 2.10. The number of carbonyl (C=O) groups excluding carboxylic acids is 1. The molecule has 1 N–H and O–H groups in total. The molecule has 1 heterocycles. The molecule has 0 aromatic heterocycles. The molecule has 0 bridgehead atoms. The van der Waals surface area contributed by atoms with Gasteiger partial charge < -0.3 is 9.47 Å². The maximum absolute atomic E-state index is 13.4. The maximum Gasteiger partial charge on any atom is 0.429 e. The van der Waals surface area contributed by atoms with Gasteiger partial charge in [0.2, 0.25) is 0 Å². The summed E-state index contributed by atoms with van der Waals surface area (Å²) in [6, 6.07) is 0. The molecular formula is C13H19FN2O3. The van der Waals surface area contributed by atoms with Crippen LogP contribution in [0.25, 0.3) is 0 Å². The minimum Gasteiger partial charge on any atom is -0.442 e. The zero-order valence-corrected chi connectivity index (χ0v) is 11.4. The van der Waals surface area contributed by atoms with Gasteiger partial charge in [0.05, 0.1) is 6.61 Å². The van der Waals surface area contributed by atoms with Gasteiger partial charge in [-0.15, -0.1) is 0 Å². The zero-order valence-electron chi connectivity index (χ0n) is 11.4. The van der Waals surface area contributed by atoms with Gasteiger partial charge in [0.15, 0.2) is 0 Å². The van der Waals surface area contributed by atoms with Crippen molar-refractivity contribution < 1.29 is 18.7 Å². The van der Waals surface area contributed by atoms with E-state index in [1.165, 1.54) is 5.01 Å². The van der Waals surface area contributed by atoms with Gasteiger partial charge in [0.1, 0.15) is 17.5 Å². The monoisotopic (exact) mass is 270 g/mol. The highest BCUT2D eigenvalue weighted by molar-refractivity contribution is 5.69. The van der Waals surface area contributed by atoms with Crippen molar-refractivity contribution in [3.8, 4) is 0 Å². The number of alkyl halides is 1. The predicted molar refractivity (Wildman–Crippen MR) is 65.6 cm³/mol. The molecule has 6 heteroatoms. The number of nitrogens with one attached hydrogen (secondary N) is 1. The van der Waals surface area contributed by atoms with Gasteiger partial charge in [-0.25, -0.2) is 14.2 Å². The van der Waals surface area contributed by atoms with E-state index in [2.05, 4.69) is 5.43 Å². The largest absolute Gasteiger partial charge is 0.442 e. The topological polar surface area (TPSA) is 50.8 Å². The van der Waals surface area contributed by atoms with Crippen LogP contribution in [0.1, 0.15) is 33.6 Å². The van der Waals surface area contributed by atoms with Gasteiger partial charge in [0, 0.05) is 11.6 Å². The van der Waals surface area contributed by atoms with Gasteiger partial charge in [-0.05, 0) is 39.7 Å². The summed E-state index contributed by atoms with van der Waals surface area (Å²) in [7, 11) is 0. The summed E-state index contributed by atoms with van der Waals surface area (Å²) in [5.74, 6) is 0. The first-order valence-corrected chi connectivity index (χ1v) is 6.50. The highest BCUT2D eigenvalue weighted by Crippen LogP contribution is 2.81. The van der Waals surface area contributed by atoms with E-state index in [4.69, 9.17) is 9.47 Å². The summed E-state index contributed by atoms with van der Waals surface area (Å²) in [4.78, 5) is 11.8. The minimum absolute atomic E-state index is 0.220. The number of fused-ring (bicyclic) bond motifs is 1. The van der Waals surface area contributed by atoms with Crippen LogP contribution in [0.5, 0.6) is 0 Å². The van der Waals surface area contributed by atoms with Crippen molar-refractivity contribution in [1.29, 1.82) is 0 Å². The van der Waals surface area contributed by atoms with Crippen molar-refractivity contribution in [3.05, 3.63) is 12.3 Å². The lowest BCUT2D eigenvalue weighted by atomic mass is 10.2. The van der Waals surface area contributed by atoms with Crippen LogP contribution < -0.4 is 5.43 Å². The van der Waals surface area contributed by atoms with Crippen LogP contribution in [0.2, 0.25) is 0 Å². The Balaban J connectivity index is 1.43. The SMILES string of the molecule is CC(C)(C)OC(=O)N1C=CC(OCC23CC2(F)C3)N1. The number of nitrogens with zero attached hydrogens (tertiary/aromatic N) is 1. The number of carbonyl (C=O) groups is 1. The molecule has 2 saturated carbocycles. The molecule has 1 amide bonds. The number of hydrogen-bond acceptors (Lipinski definition) is 4. The number of rotatable bonds is 3. The summed E-state index contributed by atoms with van der Waals surface area (Å²) in [6.07, 6.45) is 3.64. The van der Waals surface area contributed by atoms with Gasteiger partial charge in [-0.3, -0.25) is 0 Å². The van der Waals surface area contributed by atoms with Gasteiger partial charge in [0.25, 0.3) is 0 Å². The Hall–Kier alpha value is -1.14. The normalized spacial score (nSPS) is 39.2. The highest BCUT2D eigenvalue weighted by Gasteiger charge is 2.85. The number of ether oxygens (including phenoxy) is 2. The molecule has 19 heavy (non-hydrogen) atoms. The Morgan fingerprint density at radius 3 is 2.68 bits per heavy atom. The molecule has 3 aliphatic rings. The Morgan fingerprint density at radius 2 is 2.16 bits per heavy atom. The Kier molecular flexibility index (Phi) is 2.51. The summed E-state index contributed by atoms with van der Waals surface area (Å²) in [5, 5.41) is 1.25. The summed E-state index contributed by atoms with van der Waals surface area (Å²) in [6.45, 7) is 5.81. The fraction of sp³-hybridized carbons (Fsp3) is 0.769. The van der Waals surface area contributed by atoms with Crippen molar-refractivity contribution in [2.24, 2.45) is 5.41 Å². The molecule has 106 valence electrons. The number of amides is 1. The van der Waals surface area contributed by atoms with E-state index in [0.717, 1.165) is 0 Å². The van der Waals surface area contributed by atoms with Crippen LogP contribution in [-0.2, 0) is 9.47 Å². The van der Waals surface area contributed by atoms with Crippen LogP contribution in [0, 0.1) is 5.41 Å². The quantitative estimate of drug-likeness (QED) is 0.853. The van der Waals surface area contributed by atoms with Crippen molar-refractivity contribution in [1.82, 2.24) is 10.4 Å². The molecule has 1 unspecified atom stereocenters. The first-order valence-electron chi connectivity index (χ1n) is 6.50. The molecule has 2 aliphatic carbocycles. The van der Waals surface area contributed by atoms with E-state index >= 15 is 0 Å². The van der Waals surface area contributed by atoms with Crippen LogP contribution in [-0.4, -0.2) is 35.2 Å². The van der Waals surface area contributed by atoms with Crippen LogP contribution in [0.15, 0.2) is 12.3 Å². The maximum atomic E-state index is 13.4. The third kappa shape index (κ3) is 2.34. The van der Waals surface area contributed by atoms with Gasteiger partial charge in [-0.1, -0.05) is 0 Å². The van der Waals surface area contributed by atoms with Crippen molar-refractivity contribution in [3.63, 3.8) is 0 Å². The molecule has 1 aliphatic heterocycles. The van der Waals surface area contributed by atoms with E-state index in [9.17, 15) is 9.18 Å². The van der Waals surface area contributed by atoms with E-state index in [-0.39, 0.29) is 5.41 Å². The number of hydrogen-bond donors (Lipinski definition) is 1. The van der Waals surface area contributed by atoms with Gasteiger partial charge >= 0.3 is 6.09 Å². The molecule has 0 aromatic rings. The van der Waals surface area contributed by atoms with Crippen molar-refractivity contribution >= 4 is 6.09 Å². The van der Waals surface area contributed by atoms with Gasteiger partial charge in [-0.2, -0.15) is 5.43 Å². The average Bonchev–Trinajstić information content (AvgIpc) is 2.87. The van der Waals surface area contributed by atoms with E-state index < -0.39 is 23.6 Å². The van der Waals surface area contributed by atoms with Crippen LogP contribution >= 0.6 is 0 Å². The van der Waals surface area contributed by atoms with E-state index in [1.807, 2.05) is 0 Å². The molecule has 0 aromatic carbocycles. The summed E-state index contributed by atoms with van der Waals surface area (Å²) < 4.78 is 24.2. The lowest BCUT2D eigenvalue weighted by Gasteiger charge is -2.24. The molecular weight excluding hydrogens is 251 g/mol. The number of halogens is 1. The highest BCUT2D eigenvalue weighted by atomic mass is 19.1. The fourth-order valence-electron chi connectivity index (χ4n) is 2.32. The lowest BCUT2D eigenvalue weighted by molar-refractivity contribution is -0.00557. The first kappa shape index (κ1) is 12.9. The standard InChI is InChI=1S/C13H19FN2O3/c1-11(2,3)19-10(17)16-5-4-9(15-16)18-8-12-6-13(12,14)7-12/h4-5,9,15H,6-8H2,1-3H3. The van der Waals surface area contributed by atoms with Crippen molar-refractivity contribution in [2.75, 3.05) is 6.61 Å².